The van der Waals surface area contributed by atoms with Gasteiger partial charge in [-0.3, -0.25) is 0 Å². The van der Waals surface area contributed by atoms with Crippen molar-refractivity contribution in [2.24, 2.45) is 22.2 Å². The molecule has 1 saturated heterocycles. The van der Waals surface area contributed by atoms with Crippen molar-refractivity contribution in [3.05, 3.63) is 11.8 Å². The molecule has 0 radical (unpaired) electrons. The van der Waals surface area contributed by atoms with Crippen LogP contribution in [0.25, 0.3) is 0 Å². The number of rotatable bonds is 2. The lowest BCUT2D eigenvalue weighted by atomic mass is 9.91. The number of hydrogen-bond donors (Lipinski definition) is 1. The van der Waals surface area contributed by atoms with Gasteiger partial charge in [0.25, 0.3) is 0 Å². The highest BCUT2D eigenvalue weighted by molar-refractivity contribution is 5.92. The number of hydrogen-bond acceptors (Lipinski definition) is 4. The van der Waals surface area contributed by atoms with Gasteiger partial charge in [-0.05, 0) is 20.3 Å². The van der Waals surface area contributed by atoms with E-state index in [1.165, 1.54) is 0 Å². The van der Waals surface area contributed by atoms with Gasteiger partial charge in [0, 0.05) is 11.7 Å². The van der Waals surface area contributed by atoms with Gasteiger partial charge in [0.2, 0.25) is 5.70 Å². The average molecular weight is 233 g/mol. The molecular weight excluding hydrogens is 216 g/mol. The fourth-order valence-corrected chi connectivity index (χ4v) is 1.92. The zero-order valence-electron chi connectivity index (χ0n) is 10.2. The maximum atomic E-state index is 9.17. The van der Waals surface area contributed by atoms with Crippen LogP contribution in [-0.4, -0.2) is 29.9 Å². The Bertz CT molecular complexity index is 448. The summed E-state index contributed by atoms with van der Waals surface area (Å²) in [4.78, 5) is 0. The lowest BCUT2D eigenvalue weighted by molar-refractivity contribution is -0.485. The molecule has 0 amide bonds. The summed E-state index contributed by atoms with van der Waals surface area (Å²) < 4.78 is 7.05. The molecule has 1 atom stereocenters. The normalized spacial score (nSPS) is 26.9. The second-order valence-corrected chi connectivity index (χ2v) is 4.91. The highest BCUT2D eigenvalue weighted by Crippen LogP contribution is 2.28. The van der Waals surface area contributed by atoms with E-state index in [1.807, 2.05) is 20.1 Å². The van der Waals surface area contributed by atoms with Crippen LogP contribution in [0.3, 0.4) is 0 Å². The minimum Gasteiger partial charge on any atom is -0.381 e. The summed E-state index contributed by atoms with van der Waals surface area (Å²) in [5, 5.41) is 13.4. The van der Waals surface area contributed by atoms with Crippen LogP contribution in [0.1, 0.15) is 20.3 Å². The van der Waals surface area contributed by atoms with Crippen molar-refractivity contribution >= 4 is 12.1 Å². The lowest BCUT2D eigenvalue weighted by Gasteiger charge is -2.10. The van der Waals surface area contributed by atoms with Crippen LogP contribution in [0.4, 0.5) is 0 Å². The van der Waals surface area contributed by atoms with E-state index in [0.29, 0.717) is 18.4 Å². The molecule has 2 heterocycles. The molecule has 5 heteroatoms. The molecule has 0 saturated carbocycles. The molecule has 1 unspecified atom stereocenters. The molecule has 0 spiro atoms. The molecule has 90 valence electrons. The van der Waals surface area contributed by atoms with E-state index in [4.69, 9.17) is 10.5 Å². The Morgan fingerprint density at radius 3 is 3.06 bits per heavy atom. The Kier molecular flexibility index (Phi) is 2.99. The molecular formula is C12H17N4O+. The smallest absolute Gasteiger partial charge is 0.237 e. The van der Waals surface area contributed by atoms with Gasteiger partial charge in [0.15, 0.2) is 12.1 Å². The maximum absolute atomic E-state index is 9.17. The number of allylic oxidation sites excluding steroid dienone is 1. The summed E-state index contributed by atoms with van der Waals surface area (Å²) in [7, 11) is 0. The molecule has 0 bridgehead atoms. The van der Waals surface area contributed by atoms with Gasteiger partial charge in [0.05, 0.1) is 24.7 Å². The summed E-state index contributed by atoms with van der Waals surface area (Å²) in [5.41, 5.74) is 5.94. The highest BCUT2D eigenvalue weighted by Gasteiger charge is 2.38. The van der Waals surface area contributed by atoms with E-state index >= 15 is 0 Å². The van der Waals surface area contributed by atoms with E-state index in [0.717, 1.165) is 18.7 Å². The van der Waals surface area contributed by atoms with E-state index < -0.39 is 5.41 Å². The molecule has 2 aliphatic rings. The van der Waals surface area contributed by atoms with Gasteiger partial charge in [-0.1, -0.05) is 4.68 Å². The van der Waals surface area contributed by atoms with Crippen LogP contribution in [-0.2, 0) is 4.74 Å². The predicted molar refractivity (Wildman–Crippen MR) is 64.3 cm³/mol. The first-order chi connectivity index (χ1) is 8.03. The number of ether oxygens (including phenoxy) is 1. The minimum atomic E-state index is -0.597. The molecule has 0 aromatic heterocycles. The minimum absolute atomic E-state index is 0.350. The molecule has 1 fully saturated rings. The van der Waals surface area contributed by atoms with Crippen molar-refractivity contribution in [1.29, 1.82) is 5.26 Å². The van der Waals surface area contributed by atoms with E-state index in [2.05, 4.69) is 11.2 Å². The van der Waals surface area contributed by atoms with Crippen LogP contribution in [0.2, 0.25) is 0 Å². The zero-order valence-corrected chi connectivity index (χ0v) is 10.2. The molecule has 17 heavy (non-hydrogen) atoms. The topological polar surface area (TPSA) is 74.4 Å². The lowest BCUT2D eigenvalue weighted by Crippen LogP contribution is -2.21. The SMILES string of the molecule is CC(C)(C#N)C1=CC(N)=N/[N+]1=C\C1CCOC1. The largest absolute Gasteiger partial charge is 0.381 e. The van der Waals surface area contributed by atoms with Crippen LogP contribution in [0, 0.1) is 22.7 Å². The monoisotopic (exact) mass is 233 g/mol. The Labute approximate surface area is 101 Å². The first-order valence-corrected chi connectivity index (χ1v) is 5.72. The van der Waals surface area contributed by atoms with E-state index in [1.54, 1.807) is 10.8 Å². The quantitative estimate of drug-likeness (QED) is 0.718. The fraction of sp³-hybridized carbons (Fsp3) is 0.583. The summed E-state index contributed by atoms with van der Waals surface area (Å²) in [6.45, 7) is 5.22. The zero-order chi connectivity index (χ0) is 12.5. The number of hydrazone groups is 1. The Hall–Kier alpha value is -1.67. The summed E-state index contributed by atoms with van der Waals surface area (Å²) >= 11 is 0. The van der Waals surface area contributed by atoms with Crippen molar-refractivity contribution in [2.75, 3.05) is 13.2 Å². The van der Waals surface area contributed by atoms with Crippen molar-refractivity contribution < 1.29 is 9.42 Å². The predicted octanol–water partition coefficient (Wildman–Crippen LogP) is 0.826. The summed E-state index contributed by atoms with van der Waals surface area (Å²) in [5.74, 6) is 0.793. The van der Waals surface area contributed by atoms with Gasteiger partial charge in [0.1, 0.15) is 5.41 Å². The maximum Gasteiger partial charge on any atom is 0.237 e. The van der Waals surface area contributed by atoms with Crippen molar-refractivity contribution in [1.82, 2.24) is 0 Å². The summed E-state index contributed by atoms with van der Waals surface area (Å²) in [6, 6.07) is 2.27. The van der Waals surface area contributed by atoms with Crippen LogP contribution >= 0.6 is 0 Å². The third-order valence-corrected chi connectivity index (χ3v) is 2.99. The average Bonchev–Trinajstić information content (AvgIpc) is 2.89. The Balaban J connectivity index is 2.28. The van der Waals surface area contributed by atoms with Crippen LogP contribution in [0.15, 0.2) is 16.9 Å². The second kappa shape index (κ2) is 4.30. The van der Waals surface area contributed by atoms with Gasteiger partial charge < -0.3 is 10.5 Å². The molecule has 5 nitrogen and oxygen atoms in total. The molecule has 2 rings (SSSR count). The molecule has 2 N–H and O–H groups in total. The molecule has 0 aromatic rings. The number of nitrogens with two attached hydrogens (primary N) is 1. The highest BCUT2D eigenvalue weighted by atomic mass is 16.5. The van der Waals surface area contributed by atoms with Crippen LogP contribution in [0.5, 0.6) is 0 Å². The molecule has 0 aromatic carbocycles. The number of nitrogens with zero attached hydrogens (tertiary/aromatic N) is 3. The first kappa shape index (κ1) is 11.8. The van der Waals surface area contributed by atoms with Gasteiger partial charge in [-0.2, -0.15) is 5.26 Å². The molecule has 2 aliphatic heterocycles. The van der Waals surface area contributed by atoms with Gasteiger partial charge >= 0.3 is 0 Å². The standard InChI is InChI=1S/C12H17N4O/c1-12(2,8-13)10-5-11(14)15-16(10)6-9-3-4-17-7-9/h5-6,9H,3-4,7H2,1-2H3,(H2,14,15)/q+1/b16-6-. The Morgan fingerprint density at radius 2 is 2.47 bits per heavy atom. The van der Waals surface area contributed by atoms with E-state index in [-0.39, 0.29) is 0 Å². The van der Waals surface area contributed by atoms with E-state index in [9.17, 15) is 5.26 Å². The fourth-order valence-electron chi connectivity index (χ4n) is 1.92. The van der Waals surface area contributed by atoms with Crippen molar-refractivity contribution in [2.45, 2.75) is 20.3 Å². The van der Waals surface area contributed by atoms with Crippen molar-refractivity contribution in [3.8, 4) is 6.07 Å². The second-order valence-electron chi connectivity index (χ2n) is 4.91. The van der Waals surface area contributed by atoms with Crippen molar-refractivity contribution in [3.63, 3.8) is 0 Å². The summed E-state index contributed by atoms with van der Waals surface area (Å²) in [6.07, 6.45) is 4.75. The Morgan fingerprint density at radius 1 is 1.71 bits per heavy atom. The van der Waals surface area contributed by atoms with Gasteiger partial charge in [-0.25, -0.2) is 0 Å². The van der Waals surface area contributed by atoms with Crippen LogP contribution < -0.4 is 5.73 Å². The number of nitriles is 1. The number of amidine groups is 1. The third kappa shape index (κ3) is 2.37. The molecule has 0 aliphatic carbocycles. The van der Waals surface area contributed by atoms with Gasteiger partial charge in [-0.15, -0.1) is 0 Å². The third-order valence-electron chi connectivity index (χ3n) is 2.99. The first-order valence-electron chi connectivity index (χ1n) is 5.72.